The van der Waals surface area contributed by atoms with Crippen LogP contribution >= 0.6 is 0 Å². The minimum atomic E-state index is 0. The molecule has 806 valence electrons. The number of benzene rings is 6. The van der Waals surface area contributed by atoms with Gasteiger partial charge in [-0.3, -0.25) is 48.4 Å². The normalized spacial score (nSPS) is 16.2. The Labute approximate surface area is 983 Å². The Morgan fingerprint density at radius 2 is 0.560 bits per heavy atom. The molecule has 0 N–H and O–H groups in total. The van der Waals surface area contributed by atoms with Gasteiger partial charge in [-0.25, -0.2) is 0 Å². The van der Waals surface area contributed by atoms with Crippen molar-refractivity contribution in [1.82, 2.24) is 47.0 Å². The number of Topliss-reactive ketones (excluding diaryl/α,β-unsaturated/α-hetero) is 6. The number of nitrogens with zero attached hydrogens (tertiary/aromatic N) is 10. The Kier molecular flexibility index (Phi) is 58.2. The number of ether oxygens (including phenoxy) is 3. The number of hydrogen-bond acceptors (Lipinski definition) is 13. The second-order valence-corrected chi connectivity index (χ2v) is 40.9. The predicted octanol–water partition coefficient (Wildman–Crippen LogP) is 25.6. The second kappa shape index (κ2) is 66.4. The number of likely N-dealkylation sites (N-methyl/N-ethyl adjacent to an activating group) is 3. The SMILES string of the molecule is CCC1CCN(CC(=O)c2cc(C)n(-c3cc[c-]cc3)c2C)CC1.COC1CCC(CCC(=O)c2cc(C)n(-c3cc[c-]cc3)c2C)CC1.COC1CCC(N(C)CC(=O)c2cc(C)n(-c3cc[c-]cc3)c2C)CC1.COCCN(C)CC(=O)c1cc(C)n(-c2cc[c-]cc2)c1C.Cc1cc(C(=O)CCC2CCCCC2)c(C)n1-c1cc[c-]cc1.Cc1cc(C(=O)CN(C)C2CCCCC2)c(C)n1-c1cc[c-]cc1.[W].[W].[W].[W].[W].[W]. The molecule has 19 nitrogen and oxygen atoms in total. The molecule has 7 heterocycles. The van der Waals surface area contributed by atoms with Gasteiger partial charge in [0.25, 0.3) is 0 Å². The van der Waals surface area contributed by atoms with E-state index in [0.717, 1.165) is 219 Å². The van der Waals surface area contributed by atoms with Crippen LogP contribution in [0.1, 0.15) is 298 Å². The summed E-state index contributed by atoms with van der Waals surface area (Å²) in [6.45, 7) is 32.2. The maximum Gasteiger partial charge on any atom is 0.178 e. The van der Waals surface area contributed by atoms with Crippen molar-refractivity contribution in [2.45, 2.75) is 275 Å². The van der Waals surface area contributed by atoms with E-state index in [4.69, 9.17) is 14.2 Å². The number of piperidine rings is 1. The fourth-order valence-electron chi connectivity index (χ4n) is 22.5. The van der Waals surface area contributed by atoms with Crippen LogP contribution in [0.3, 0.4) is 0 Å². The molecule has 1 saturated heterocycles. The van der Waals surface area contributed by atoms with Gasteiger partial charge >= 0.3 is 0 Å². The molecular weight excluding hydrogens is 2890 g/mol. The molecule has 0 atom stereocenters. The Bertz CT molecular complexity index is 6080. The summed E-state index contributed by atoms with van der Waals surface area (Å²) in [5, 5.41) is 0. The van der Waals surface area contributed by atoms with E-state index in [2.05, 4.69) is 147 Å². The molecule has 12 aromatic rings. The third kappa shape index (κ3) is 36.5. The van der Waals surface area contributed by atoms with Gasteiger partial charge in [0.2, 0.25) is 0 Å². The van der Waals surface area contributed by atoms with Gasteiger partial charge in [-0.05, 0) is 261 Å². The van der Waals surface area contributed by atoms with Crippen molar-refractivity contribution in [2.75, 3.05) is 94.9 Å². The topological polar surface area (TPSA) is 173 Å². The zero-order valence-corrected chi connectivity index (χ0v) is 110. The fourth-order valence-corrected chi connectivity index (χ4v) is 22.5. The summed E-state index contributed by atoms with van der Waals surface area (Å²) in [4.78, 5) is 85.4. The van der Waals surface area contributed by atoms with Gasteiger partial charge in [-0.1, -0.05) is 98.8 Å². The zero-order valence-electron chi connectivity index (χ0n) is 92.3. The van der Waals surface area contributed by atoms with E-state index in [-0.39, 0.29) is 155 Å². The summed E-state index contributed by atoms with van der Waals surface area (Å²) in [6.07, 6.45) is 30.0. The van der Waals surface area contributed by atoms with Crippen molar-refractivity contribution in [3.63, 3.8) is 0 Å². The first-order valence-electron chi connectivity index (χ1n) is 53.0. The Morgan fingerprint density at radius 3 is 0.840 bits per heavy atom. The molecule has 6 aromatic heterocycles. The van der Waals surface area contributed by atoms with Crippen LogP contribution in [0.4, 0.5) is 0 Å². The van der Waals surface area contributed by atoms with Crippen LogP contribution in [0.5, 0.6) is 0 Å². The van der Waals surface area contributed by atoms with Gasteiger partial charge in [0.05, 0.1) is 45.0 Å². The molecule has 0 unspecified atom stereocenters. The monoisotopic (exact) mass is 3050 g/mol. The standard InChI is InChI=1S/C22H29N2O2.C22H28NO2.2C21H27N2O.C21H26NO.C18H23N2O2.6W/c1-16-14-21(17(2)24(16)19-8-6-5-7-9-19)22(25)15-23(3)18-10-12-20(26-4)13-11-18;1-16-15-21(17(2)23(16)19-7-5-4-6-8-19)22(24)14-11-18-9-12-20(25-3)13-10-18;1-16-14-20(17(2)23(16)19-12-8-5-9-13-19)21(24)15-22(3)18-10-6-4-7-11-18;1-4-18-10-12-22(13-11-18)15-21(24)20-14-16(2)23(17(20)3)19-8-6-5-7-9-19;1-16-15-20(17(2)22(16)19-11-7-4-8-12-19)21(23)14-13-18-9-5-3-6-10-18;1-14-12-17(18(21)13-19(3)10-11-22-4)15(2)20(14)16-8-6-5-7-9-16;;;;;;/h6-9,14,18,20H,10-13,15H2,1-4H3;5-8,15,18,20H,9-14H2,1-3H3;8-9,12-14,18H,4,6-7,10-11,15H2,1-3H3;6-9,14,18H,4,10-13,15H2,1-3H3;7-8,11-12,15,18H,3,5-6,9-10,13-14H2,1-2H3;6-9,12H,10-11,13H2,1-4H3;;;;;;/q6*-1;;;;;;. The molecule has 6 aromatic carbocycles. The summed E-state index contributed by atoms with van der Waals surface area (Å²) in [6, 6.07) is 78.6. The number of aryl methyl sites for hydroxylation is 6. The van der Waals surface area contributed by atoms with Gasteiger partial charge in [-0.2, -0.15) is 109 Å². The first-order chi connectivity index (χ1) is 69.5. The fraction of sp³-hybridized carbons (Fsp3) is 0.472. The summed E-state index contributed by atoms with van der Waals surface area (Å²) in [5.41, 5.74) is 24.3. The minimum Gasteiger partial charge on any atom is -0.383 e. The van der Waals surface area contributed by atoms with Crippen molar-refractivity contribution in [2.24, 2.45) is 17.8 Å². The van der Waals surface area contributed by atoms with Crippen LogP contribution < -0.4 is 0 Å². The van der Waals surface area contributed by atoms with E-state index in [1.165, 1.54) is 96.3 Å². The molecule has 0 bridgehead atoms. The van der Waals surface area contributed by atoms with E-state index in [0.29, 0.717) is 81.6 Å². The van der Waals surface area contributed by atoms with Crippen molar-refractivity contribution in [3.8, 4) is 34.1 Å². The molecular formula is C125H160N10O9W6-6. The van der Waals surface area contributed by atoms with E-state index in [9.17, 15) is 28.8 Å². The molecule has 5 fully saturated rings. The van der Waals surface area contributed by atoms with Crippen LogP contribution in [0, 0.1) is 137 Å². The van der Waals surface area contributed by atoms with Gasteiger partial charge in [0, 0.05) is 281 Å². The second-order valence-electron chi connectivity index (χ2n) is 40.9. The molecule has 1 aliphatic heterocycles. The molecule has 0 radical (unpaired) electrons. The number of methoxy groups -OCH3 is 3. The number of rotatable bonds is 34. The van der Waals surface area contributed by atoms with E-state index in [1.807, 2.05) is 229 Å². The number of aromatic nitrogens is 6. The van der Waals surface area contributed by atoms with Crippen LogP contribution in [-0.4, -0.2) is 201 Å². The first kappa shape index (κ1) is 132. The summed E-state index contributed by atoms with van der Waals surface area (Å²) in [5.74, 6) is 3.66. The summed E-state index contributed by atoms with van der Waals surface area (Å²) >= 11 is 0. The molecule has 4 aliphatic carbocycles. The first-order valence-corrected chi connectivity index (χ1v) is 53.0. The van der Waals surface area contributed by atoms with Gasteiger partial charge in [-0.15, -0.1) is 72.8 Å². The molecule has 4 saturated carbocycles. The Balaban J connectivity index is 0.000000273. The molecule has 5 aliphatic rings. The third-order valence-electron chi connectivity index (χ3n) is 30.9. The molecule has 0 amide bonds. The predicted molar refractivity (Wildman–Crippen MR) is 582 cm³/mol. The number of carbonyl (C=O) groups is 6. The number of likely N-dealkylation sites (tertiary alicyclic amines) is 1. The molecule has 25 heteroatoms. The number of carbonyl (C=O) groups excluding carboxylic acids is 6. The van der Waals surface area contributed by atoms with Gasteiger partial charge < -0.3 is 41.6 Å². The van der Waals surface area contributed by atoms with Crippen molar-refractivity contribution in [3.05, 3.63) is 320 Å². The maximum atomic E-state index is 13.0. The number of hydrogen-bond donors (Lipinski definition) is 0. The Morgan fingerprint density at radius 1 is 0.307 bits per heavy atom. The quantitative estimate of drug-likeness (QED) is 0.0276. The average molecular weight is 3050 g/mol. The van der Waals surface area contributed by atoms with Crippen LogP contribution in [-0.2, 0) is 141 Å². The van der Waals surface area contributed by atoms with Crippen LogP contribution in [0.25, 0.3) is 34.1 Å². The summed E-state index contributed by atoms with van der Waals surface area (Å²) in [7, 11) is 11.4. The van der Waals surface area contributed by atoms with Gasteiger partial charge in [0.1, 0.15) is 0 Å². The summed E-state index contributed by atoms with van der Waals surface area (Å²) < 4.78 is 28.8. The van der Waals surface area contributed by atoms with E-state index < -0.39 is 0 Å². The number of ketones is 6. The van der Waals surface area contributed by atoms with Crippen molar-refractivity contribution >= 4 is 34.7 Å². The molecule has 150 heavy (non-hydrogen) atoms. The molecule has 0 spiro atoms. The maximum absolute atomic E-state index is 13.0. The van der Waals surface area contributed by atoms with E-state index in [1.54, 1.807) is 21.3 Å². The average Bonchev–Trinajstić information content (AvgIpc) is 1.68. The minimum absolute atomic E-state index is 0. The van der Waals surface area contributed by atoms with Crippen LogP contribution in [0.15, 0.2) is 182 Å². The van der Waals surface area contributed by atoms with E-state index >= 15 is 0 Å². The third-order valence-corrected chi connectivity index (χ3v) is 30.9. The van der Waals surface area contributed by atoms with Gasteiger partial charge in [0.15, 0.2) is 34.7 Å². The van der Waals surface area contributed by atoms with Crippen LogP contribution in [0.2, 0.25) is 0 Å². The largest absolute Gasteiger partial charge is 0.383 e. The van der Waals surface area contributed by atoms with Crippen molar-refractivity contribution < 1.29 is 169 Å². The Hall–Kier alpha value is -7.13. The van der Waals surface area contributed by atoms with Crippen molar-refractivity contribution in [1.29, 1.82) is 0 Å². The zero-order chi connectivity index (χ0) is 103. The smallest absolute Gasteiger partial charge is 0.178 e. The molecule has 17 rings (SSSR count).